The Morgan fingerprint density at radius 2 is 2.19 bits per heavy atom. The fraction of sp³-hybridized carbons (Fsp3) is 0.667. The number of thiazole rings is 1. The van der Waals surface area contributed by atoms with Crippen LogP contribution < -0.4 is 5.32 Å². The summed E-state index contributed by atoms with van der Waals surface area (Å²) < 4.78 is 0. The minimum absolute atomic E-state index is 0.00488. The van der Waals surface area contributed by atoms with Gasteiger partial charge in [-0.15, -0.1) is 11.3 Å². The summed E-state index contributed by atoms with van der Waals surface area (Å²) in [5, 5.41) is 5.82. The highest BCUT2D eigenvalue weighted by Gasteiger charge is 2.51. The van der Waals surface area contributed by atoms with Gasteiger partial charge in [-0.2, -0.15) is 0 Å². The van der Waals surface area contributed by atoms with Crippen molar-refractivity contribution >= 4 is 23.2 Å². The summed E-state index contributed by atoms with van der Waals surface area (Å²) >= 11 is 1.55. The molecule has 0 aromatic carbocycles. The highest BCUT2D eigenvalue weighted by Crippen LogP contribution is 2.39. The topological polar surface area (TPSA) is 62.3 Å². The van der Waals surface area contributed by atoms with E-state index < -0.39 is 5.54 Å². The van der Waals surface area contributed by atoms with E-state index in [1.165, 1.54) is 0 Å². The Hall–Kier alpha value is -1.43. The van der Waals surface area contributed by atoms with E-state index in [2.05, 4.69) is 10.3 Å². The first-order chi connectivity index (χ1) is 9.94. The number of aryl methyl sites for hydroxylation is 1. The lowest BCUT2D eigenvalue weighted by Crippen LogP contribution is -2.69. The van der Waals surface area contributed by atoms with Crippen LogP contribution in [0.15, 0.2) is 5.38 Å². The molecule has 0 spiro atoms. The third-order valence-corrected chi connectivity index (χ3v) is 5.44. The summed E-state index contributed by atoms with van der Waals surface area (Å²) in [5.74, 6) is 0.334. The maximum atomic E-state index is 12.9. The Labute approximate surface area is 128 Å². The van der Waals surface area contributed by atoms with E-state index in [4.69, 9.17) is 0 Å². The highest BCUT2D eigenvalue weighted by molar-refractivity contribution is 7.09. The molecule has 1 N–H and O–H groups in total. The van der Waals surface area contributed by atoms with Gasteiger partial charge in [0, 0.05) is 11.1 Å². The van der Waals surface area contributed by atoms with Gasteiger partial charge in [0.05, 0.1) is 6.54 Å². The van der Waals surface area contributed by atoms with Gasteiger partial charge in [0.1, 0.15) is 16.6 Å². The van der Waals surface area contributed by atoms with E-state index in [0.29, 0.717) is 18.9 Å². The molecule has 1 aromatic rings. The summed E-state index contributed by atoms with van der Waals surface area (Å²) in [5.41, 5.74) is 0.180. The molecule has 2 fully saturated rings. The first kappa shape index (κ1) is 14.5. The summed E-state index contributed by atoms with van der Waals surface area (Å²) in [6, 6.07) is -0.318. The second-order valence-corrected chi connectivity index (χ2v) is 7.22. The molecular formula is C15H21N3O2S. The van der Waals surface area contributed by atoms with Crippen molar-refractivity contribution < 1.29 is 9.59 Å². The van der Waals surface area contributed by atoms with Crippen LogP contribution in [0.5, 0.6) is 0 Å². The average Bonchev–Trinajstić information content (AvgIpc) is 3.18. The lowest BCUT2D eigenvalue weighted by molar-refractivity contribution is -0.156. The van der Waals surface area contributed by atoms with Gasteiger partial charge in [0.2, 0.25) is 11.8 Å². The largest absolute Gasteiger partial charge is 0.340 e. The normalized spacial score (nSPS) is 29.7. The summed E-state index contributed by atoms with van der Waals surface area (Å²) in [6.45, 7) is 6.14. The Morgan fingerprint density at radius 3 is 2.71 bits per heavy atom. The lowest BCUT2D eigenvalue weighted by atomic mass is 9.90. The molecule has 1 saturated carbocycles. The zero-order valence-electron chi connectivity index (χ0n) is 12.7. The smallest absolute Gasteiger partial charge is 0.249 e. The molecule has 0 bridgehead atoms. The molecule has 5 nitrogen and oxygen atoms in total. The molecule has 0 radical (unpaired) electrons. The average molecular weight is 307 g/mol. The van der Waals surface area contributed by atoms with E-state index >= 15 is 0 Å². The van der Waals surface area contributed by atoms with Crippen molar-refractivity contribution in [2.45, 2.75) is 58.2 Å². The molecule has 114 valence electrons. The van der Waals surface area contributed by atoms with Crippen LogP contribution in [-0.4, -0.2) is 33.3 Å². The molecule has 2 aliphatic rings. The van der Waals surface area contributed by atoms with E-state index in [1.807, 2.05) is 26.2 Å². The van der Waals surface area contributed by atoms with Crippen LogP contribution in [-0.2, 0) is 16.1 Å². The van der Waals surface area contributed by atoms with Gasteiger partial charge < -0.3 is 10.2 Å². The fourth-order valence-electron chi connectivity index (χ4n) is 2.90. The third kappa shape index (κ3) is 2.57. The maximum Gasteiger partial charge on any atom is 0.249 e. The second-order valence-electron chi connectivity index (χ2n) is 6.27. The van der Waals surface area contributed by atoms with E-state index in [-0.39, 0.29) is 17.9 Å². The van der Waals surface area contributed by atoms with Crippen molar-refractivity contribution in [3.05, 3.63) is 16.1 Å². The zero-order valence-corrected chi connectivity index (χ0v) is 13.5. The second kappa shape index (κ2) is 5.09. The first-order valence-electron chi connectivity index (χ1n) is 7.48. The minimum Gasteiger partial charge on any atom is -0.340 e. The maximum absolute atomic E-state index is 12.9. The SMILES string of the molecule is CCC1(C)NC(=O)C(C2CC2)N(Cc2nc(C)cs2)C1=O. The van der Waals surface area contributed by atoms with E-state index in [0.717, 1.165) is 23.5 Å². The quantitative estimate of drug-likeness (QED) is 0.923. The molecule has 3 rings (SSSR count). The van der Waals surface area contributed by atoms with E-state index in [1.54, 1.807) is 16.2 Å². The zero-order chi connectivity index (χ0) is 15.2. The van der Waals surface area contributed by atoms with Gasteiger partial charge in [-0.3, -0.25) is 9.59 Å². The molecule has 2 unspecified atom stereocenters. The monoisotopic (exact) mass is 307 g/mol. The van der Waals surface area contributed by atoms with Crippen LogP contribution >= 0.6 is 11.3 Å². The summed E-state index contributed by atoms with van der Waals surface area (Å²) in [7, 11) is 0. The summed E-state index contributed by atoms with van der Waals surface area (Å²) in [4.78, 5) is 31.6. The standard InChI is InChI=1S/C15H21N3O2S/c1-4-15(3)14(20)18(7-11-16-9(2)8-21-11)12(10-5-6-10)13(19)17-15/h8,10,12H,4-7H2,1-3H3,(H,17,19). The predicted octanol–water partition coefficient (Wildman–Crippen LogP) is 1.86. The minimum atomic E-state index is -0.783. The van der Waals surface area contributed by atoms with Gasteiger partial charge in [-0.05, 0) is 39.0 Å². The number of hydrogen-bond donors (Lipinski definition) is 1. The molecule has 6 heteroatoms. The molecule has 1 saturated heterocycles. The molecule has 21 heavy (non-hydrogen) atoms. The Morgan fingerprint density at radius 1 is 1.48 bits per heavy atom. The number of nitrogens with zero attached hydrogens (tertiary/aromatic N) is 2. The van der Waals surface area contributed by atoms with Crippen LogP contribution in [0, 0.1) is 12.8 Å². The van der Waals surface area contributed by atoms with Crippen LogP contribution in [0.2, 0.25) is 0 Å². The van der Waals surface area contributed by atoms with Crippen LogP contribution in [0.4, 0.5) is 0 Å². The van der Waals surface area contributed by atoms with Crippen molar-refractivity contribution in [2.75, 3.05) is 0 Å². The summed E-state index contributed by atoms with van der Waals surface area (Å²) in [6.07, 6.45) is 2.66. The Kier molecular flexibility index (Phi) is 3.51. The first-order valence-corrected chi connectivity index (χ1v) is 8.36. The van der Waals surface area contributed by atoms with Crippen LogP contribution in [0.3, 0.4) is 0 Å². The number of aromatic nitrogens is 1. The lowest BCUT2D eigenvalue weighted by Gasteiger charge is -2.44. The van der Waals surface area contributed by atoms with Crippen molar-refractivity contribution in [1.29, 1.82) is 0 Å². The van der Waals surface area contributed by atoms with Crippen molar-refractivity contribution in [3.63, 3.8) is 0 Å². The Bertz CT molecular complexity index is 581. The highest BCUT2D eigenvalue weighted by atomic mass is 32.1. The molecular weight excluding hydrogens is 286 g/mol. The molecule has 2 amide bonds. The molecule has 1 aliphatic carbocycles. The number of amides is 2. The number of piperazine rings is 1. The van der Waals surface area contributed by atoms with Gasteiger partial charge in [-0.1, -0.05) is 6.92 Å². The molecule has 1 aromatic heterocycles. The van der Waals surface area contributed by atoms with E-state index in [9.17, 15) is 9.59 Å². The van der Waals surface area contributed by atoms with Gasteiger partial charge >= 0.3 is 0 Å². The number of carbonyl (C=O) groups is 2. The number of nitrogens with one attached hydrogen (secondary N) is 1. The number of hydrogen-bond acceptors (Lipinski definition) is 4. The number of rotatable bonds is 4. The fourth-order valence-corrected chi connectivity index (χ4v) is 3.67. The number of carbonyl (C=O) groups excluding carboxylic acids is 2. The van der Waals surface area contributed by atoms with Gasteiger partial charge in [-0.25, -0.2) is 4.98 Å². The molecule has 2 heterocycles. The van der Waals surface area contributed by atoms with Crippen LogP contribution in [0.1, 0.15) is 43.8 Å². The molecule has 1 aliphatic heterocycles. The van der Waals surface area contributed by atoms with Crippen LogP contribution in [0.25, 0.3) is 0 Å². The van der Waals surface area contributed by atoms with Crippen molar-refractivity contribution in [3.8, 4) is 0 Å². The molecule has 2 atom stereocenters. The van der Waals surface area contributed by atoms with Gasteiger partial charge in [0.15, 0.2) is 0 Å². The predicted molar refractivity (Wildman–Crippen MR) is 80.8 cm³/mol. The van der Waals surface area contributed by atoms with Gasteiger partial charge in [0.25, 0.3) is 0 Å². The third-order valence-electron chi connectivity index (χ3n) is 4.48. The van der Waals surface area contributed by atoms with Crippen molar-refractivity contribution in [1.82, 2.24) is 15.2 Å². The Balaban J connectivity index is 1.90. The van der Waals surface area contributed by atoms with Crippen molar-refractivity contribution in [2.24, 2.45) is 5.92 Å².